The van der Waals surface area contributed by atoms with Crippen LogP contribution in [0.25, 0.3) is 0 Å². The summed E-state index contributed by atoms with van der Waals surface area (Å²) in [7, 11) is 0. The van der Waals surface area contributed by atoms with E-state index in [9.17, 15) is 5.11 Å². The van der Waals surface area contributed by atoms with Gasteiger partial charge in [-0.05, 0) is 54.7 Å². The maximum Gasteiger partial charge on any atom is 0.115 e. The standard InChI is InChI=1S/C28H50O/c1-5-9-13-14-15-16-18-25(17-10-6-2)28(23-11-7-3,24-12-8-4)26-19-21-27(29)22-20-26/h19-22,25,29H,5-18,23-24H2,1-4H3. The summed E-state index contributed by atoms with van der Waals surface area (Å²) in [5, 5.41) is 9.90. The molecule has 0 amide bonds. The number of unbranched alkanes of at least 4 members (excludes halogenated alkanes) is 8. The highest BCUT2D eigenvalue weighted by Crippen LogP contribution is 2.46. The van der Waals surface area contributed by atoms with Crippen LogP contribution in [-0.4, -0.2) is 5.11 Å². The van der Waals surface area contributed by atoms with Gasteiger partial charge in [0.15, 0.2) is 0 Å². The molecule has 1 rings (SSSR count). The van der Waals surface area contributed by atoms with Crippen LogP contribution >= 0.6 is 0 Å². The van der Waals surface area contributed by atoms with Crippen LogP contribution in [0.2, 0.25) is 0 Å². The zero-order chi connectivity index (χ0) is 21.4. The highest BCUT2D eigenvalue weighted by molar-refractivity contribution is 5.32. The van der Waals surface area contributed by atoms with Gasteiger partial charge in [-0.3, -0.25) is 0 Å². The second-order valence-corrected chi connectivity index (χ2v) is 9.31. The molecule has 0 bridgehead atoms. The van der Waals surface area contributed by atoms with Crippen molar-refractivity contribution < 1.29 is 5.11 Å². The molecule has 1 atom stereocenters. The molecule has 0 aliphatic heterocycles. The van der Waals surface area contributed by atoms with Crippen LogP contribution in [0.3, 0.4) is 0 Å². The minimum absolute atomic E-state index is 0.290. The second kappa shape index (κ2) is 15.8. The Morgan fingerprint density at radius 2 is 1.10 bits per heavy atom. The van der Waals surface area contributed by atoms with Crippen molar-refractivity contribution in [2.24, 2.45) is 5.92 Å². The van der Waals surface area contributed by atoms with Gasteiger partial charge in [0.05, 0.1) is 0 Å². The number of hydrogen-bond acceptors (Lipinski definition) is 1. The number of benzene rings is 1. The summed E-state index contributed by atoms with van der Waals surface area (Å²) in [6.07, 6.45) is 21.5. The first kappa shape index (κ1) is 26.1. The van der Waals surface area contributed by atoms with Crippen molar-refractivity contribution in [3.8, 4) is 5.75 Å². The molecule has 1 aromatic carbocycles. The molecule has 0 aliphatic carbocycles. The summed E-state index contributed by atoms with van der Waals surface area (Å²) in [4.78, 5) is 0. The molecule has 0 spiro atoms. The normalized spacial score (nSPS) is 13.0. The van der Waals surface area contributed by atoms with Crippen LogP contribution in [0.15, 0.2) is 24.3 Å². The topological polar surface area (TPSA) is 20.2 Å². The summed E-state index contributed by atoms with van der Waals surface area (Å²) in [5.74, 6) is 1.17. The molecular weight excluding hydrogens is 352 g/mol. The van der Waals surface area contributed by atoms with E-state index in [0.29, 0.717) is 5.75 Å². The lowest BCUT2D eigenvalue weighted by Crippen LogP contribution is -2.36. The maximum atomic E-state index is 9.90. The molecule has 29 heavy (non-hydrogen) atoms. The summed E-state index contributed by atoms with van der Waals surface area (Å²) in [6, 6.07) is 8.31. The van der Waals surface area contributed by atoms with Gasteiger partial charge in [0.1, 0.15) is 5.75 Å². The third-order valence-electron chi connectivity index (χ3n) is 6.99. The third kappa shape index (κ3) is 9.14. The van der Waals surface area contributed by atoms with E-state index >= 15 is 0 Å². The molecule has 1 aromatic rings. The van der Waals surface area contributed by atoms with E-state index in [1.807, 2.05) is 12.1 Å². The molecular formula is C28H50O. The smallest absolute Gasteiger partial charge is 0.115 e. The van der Waals surface area contributed by atoms with Crippen LogP contribution in [0.5, 0.6) is 5.75 Å². The Bertz CT molecular complexity index is 482. The predicted octanol–water partition coefficient (Wildman–Crippen LogP) is 9.57. The lowest BCUT2D eigenvalue weighted by Gasteiger charge is -2.43. The molecule has 1 unspecified atom stereocenters. The average molecular weight is 403 g/mol. The lowest BCUT2D eigenvalue weighted by molar-refractivity contribution is 0.187. The summed E-state index contributed by atoms with van der Waals surface area (Å²) in [6.45, 7) is 9.29. The molecule has 1 heteroatoms. The summed E-state index contributed by atoms with van der Waals surface area (Å²) in [5.41, 5.74) is 1.78. The van der Waals surface area contributed by atoms with E-state index in [4.69, 9.17) is 0 Å². The Balaban J connectivity index is 3.08. The van der Waals surface area contributed by atoms with Gasteiger partial charge in [-0.2, -0.15) is 0 Å². The molecule has 1 nitrogen and oxygen atoms in total. The van der Waals surface area contributed by atoms with E-state index in [2.05, 4.69) is 39.8 Å². The van der Waals surface area contributed by atoms with E-state index in [0.717, 1.165) is 5.92 Å². The Hall–Kier alpha value is -0.980. The van der Waals surface area contributed by atoms with Crippen LogP contribution in [0.4, 0.5) is 0 Å². The monoisotopic (exact) mass is 402 g/mol. The van der Waals surface area contributed by atoms with Gasteiger partial charge in [0.2, 0.25) is 0 Å². The van der Waals surface area contributed by atoms with Crippen molar-refractivity contribution in [3.63, 3.8) is 0 Å². The Morgan fingerprint density at radius 3 is 1.66 bits per heavy atom. The third-order valence-corrected chi connectivity index (χ3v) is 6.99. The van der Waals surface area contributed by atoms with E-state index < -0.39 is 0 Å². The van der Waals surface area contributed by atoms with Crippen LogP contribution in [-0.2, 0) is 5.41 Å². The minimum Gasteiger partial charge on any atom is -0.508 e. The van der Waals surface area contributed by atoms with Gasteiger partial charge >= 0.3 is 0 Å². The quantitative estimate of drug-likeness (QED) is 0.242. The van der Waals surface area contributed by atoms with E-state index in [1.54, 1.807) is 0 Å². The SMILES string of the molecule is CCCCCCCCC(CCCC)C(CCCC)(CCCC)c1ccc(O)cc1. The molecule has 0 saturated carbocycles. The Labute approximate surface area is 182 Å². The predicted molar refractivity (Wildman–Crippen MR) is 130 cm³/mol. The first-order valence-electron chi connectivity index (χ1n) is 12.9. The van der Waals surface area contributed by atoms with Crippen molar-refractivity contribution in [1.82, 2.24) is 0 Å². The number of phenols is 1. The summed E-state index contributed by atoms with van der Waals surface area (Å²) < 4.78 is 0. The second-order valence-electron chi connectivity index (χ2n) is 9.31. The molecule has 168 valence electrons. The molecule has 0 aliphatic rings. The molecule has 0 saturated heterocycles. The zero-order valence-electron chi connectivity index (χ0n) is 20.1. The fourth-order valence-electron chi connectivity index (χ4n) is 5.15. The van der Waals surface area contributed by atoms with E-state index in [-0.39, 0.29) is 5.41 Å². The van der Waals surface area contributed by atoms with Gasteiger partial charge in [-0.1, -0.05) is 117 Å². The number of hydrogen-bond donors (Lipinski definition) is 1. The highest BCUT2D eigenvalue weighted by atomic mass is 16.3. The zero-order valence-corrected chi connectivity index (χ0v) is 20.1. The van der Waals surface area contributed by atoms with Crippen molar-refractivity contribution in [2.75, 3.05) is 0 Å². The molecule has 0 fully saturated rings. The fraction of sp³-hybridized carbons (Fsp3) is 0.786. The molecule has 0 aromatic heterocycles. The number of rotatable bonds is 18. The summed E-state index contributed by atoms with van der Waals surface area (Å²) >= 11 is 0. The minimum atomic E-state index is 0.290. The molecule has 0 heterocycles. The number of phenolic OH excluding ortho intramolecular Hbond substituents is 1. The molecule has 1 N–H and O–H groups in total. The fourth-order valence-corrected chi connectivity index (χ4v) is 5.15. The van der Waals surface area contributed by atoms with Crippen LogP contribution in [0, 0.1) is 5.92 Å². The Kier molecular flexibility index (Phi) is 14.2. The largest absolute Gasteiger partial charge is 0.508 e. The first-order valence-corrected chi connectivity index (χ1v) is 12.9. The van der Waals surface area contributed by atoms with Crippen molar-refractivity contribution >= 4 is 0 Å². The first-order chi connectivity index (χ1) is 14.1. The highest BCUT2D eigenvalue weighted by Gasteiger charge is 2.38. The van der Waals surface area contributed by atoms with Crippen molar-refractivity contribution in [2.45, 2.75) is 136 Å². The van der Waals surface area contributed by atoms with Gasteiger partial charge in [0.25, 0.3) is 0 Å². The number of aromatic hydroxyl groups is 1. The Morgan fingerprint density at radius 1 is 0.621 bits per heavy atom. The van der Waals surface area contributed by atoms with Gasteiger partial charge in [-0.15, -0.1) is 0 Å². The van der Waals surface area contributed by atoms with Crippen molar-refractivity contribution in [3.05, 3.63) is 29.8 Å². The van der Waals surface area contributed by atoms with Crippen LogP contribution < -0.4 is 0 Å². The maximum absolute atomic E-state index is 9.90. The molecule has 0 radical (unpaired) electrons. The lowest BCUT2D eigenvalue weighted by atomic mass is 9.61. The van der Waals surface area contributed by atoms with Gasteiger partial charge in [0, 0.05) is 0 Å². The van der Waals surface area contributed by atoms with Crippen molar-refractivity contribution in [1.29, 1.82) is 0 Å². The average Bonchev–Trinajstić information content (AvgIpc) is 2.74. The van der Waals surface area contributed by atoms with E-state index in [1.165, 1.54) is 108 Å². The van der Waals surface area contributed by atoms with Gasteiger partial charge in [-0.25, -0.2) is 0 Å². The van der Waals surface area contributed by atoms with Gasteiger partial charge < -0.3 is 5.11 Å². The van der Waals surface area contributed by atoms with Crippen LogP contribution in [0.1, 0.15) is 136 Å².